The summed E-state index contributed by atoms with van der Waals surface area (Å²) in [6, 6.07) is 8.43. The Morgan fingerprint density at radius 2 is 2.00 bits per heavy atom. The Labute approximate surface area is 145 Å². The van der Waals surface area contributed by atoms with Gasteiger partial charge in [-0.15, -0.1) is 0 Å². The van der Waals surface area contributed by atoms with E-state index in [1.54, 1.807) is 0 Å². The van der Waals surface area contributed by atoms with E-state index in [2.05, 4.69) is 46.0 Å². The van der Waals surface area contributed by atoms with Crippen molar-refractivity contribution >= 4 is 5.96 Å². The Morgan fingerprint density at radius 3 is 2.71 bits per heavy atom. The number of aliphatic hydroxyl groups excluding tert-OH is 1. The number of aliphatic hydroxyl groups is 1. The molecule has 2 saturated heterocycles. The molecule has 2 aliphatic heterocycles. The molecule has 5 heteroatoms. The van der Waals surface area contributed by atoms with E-state index in [-0.39, 0.29) is 6.10 Å². The highest BCUT2D eigenvalue weighted by atomic mass is 16.3. The molecule has 0 radical (unpaired) electrons. The molecule has 24 heavy (non-hydrogen) atoms. The number of β-amino-alcohol motifs (C(OH)–C–C–N with tert-alkyl or cyclic N) is 1. The molecule has 2 atom stereocenters. The second kappa shape index (κ2) is 7.99. The van der Waals surface area contributed by atoms with E-state index in [4.69, 9.17) is 5.73 Å². The molecule has 0 bridgehead atoms. The number of piperidine rings is 1. The molecular weight excluding hydrogens is 300 g/mol. The second-order valence-corrected chi connectivity index (χ2v) is 7.31. The first-order valence-corrected chi connectivity index (χ1v) is 9.14. The third-order valence-corrected chi connectivity index (χ3v) is 5.15. The predicted molar refractivity (Wildman–Crippen MR) is 97.6 cm³/mol. The van der Waals surface area contributed by atoms with E-state index in [0.717, 1.165) is 39.1 Å². The maximum absolute atomic E-state index is 9.70. The van der Waals surface area contributed by atoms with E-state index in [1.807, 2.05) is 0 Å². The Hall–Kier alpha value is -1.59. The first-order chi connectivity index (χ1) is 11.6. The maximum atomic E-state index is 9.70. The van der Waals surface area contributed by atoms with Gasteiger partial charge in [0.05, 0.1) is 12.6 Å². The molecule has 3 rings (SSSR count). The van der Waals surface area contributed by atoms with Crippen LogP contribution in [0, 0.1) is 5.92 Å². The quantitative estimate of drug-likeness (QED) is 0.653. The van der Waals surface area contributed by atoms with Gasteiger partial charge in [0.2, 0.25) is 0 Å². The second-order valence-electron chi connectivity index (χ2n) is 7.31. The van der Waals surface area contributed by atoms with Crippen LogP contribution >= 0.6 is 0 Å². The minimum Gasteiger partial charge on any atom is -0.392 e. The molecule has 132 valence electrons. The summed E-state index contributed by atoms with van der Waals surface area (Å²) < 4.78 is 0. The lowest BCUT2D eigenvalue weighted by molar-refractivity contribution is 0.174. The molecule has 0 spiro atoms. The van der Waals surface area contributed by atoms with Gasteiger partial charge in [0.25, 0.3) is 0 Å². The zero-order valence-corrected chi connectivity index (χ0v) is 14.7. The lowest BCUT2D eigenvalue weighted by Crippen LogP contribution is -2.43. The van der Waals surface area contributed by atoms with Crippen molar-refractivity contribution in [3.05, 3.63) is 35.4 Å². The van der Waals surface area contributed by atoms with Gasteiger partial charge in [-0.1, -0.05) is 31.2 Å². The van der Waals surface area contributed by atoms with Gasteiger partial charge in [0.15, 0.2) is 5.96 Å². The van der Waals surface area contributed by atoms with Crippen LogP contribution in [-0.4, -0.2) is 53.1 Å². The number of hydrogen-bond acceptors (Lipinski definition) is 3. The average Bonchev–Trinajstić information content (AvgIpc) is 2.99. The summed E-state index contributed by atoms with van der Waals surface area (Å²) in [5, 5.41) is 9.70. The highest BCUT2D eigenvalue weighted by molar-refractivity contribution is 5.78. The Kier molecular flexibility index (Phi) is 5.74. The normalized spacial score (nSPS) is 26.1. The van der Waals surface area contributed by atoms with Crippen molar-refractivity contribution in [1.82, 2.24) is 9.80 Å². The van der Waals surface area contributed by atoms with Crippen LogP contribution < -0.4 is 5.73 Å². The lowest BCUT2D eigenvalue weighted by Gasteiger charge is -2.31. The molecule has 2 aliphatic rings. The van der Waals surface area contributed by atoms with Gasteiger partial charge in [-0.2, -0.15) is 0 Å². The van der Waals surface area contributed by atoms with Gasteiger partial charge in [0, 0.05) is 32.7 Å². The fourth-order valence-corrected chi connectivity index (χ4v) is 3.73. The monoisotopic (exact) mass is 330 g/mol. The minimum absolute atomic E-state index is 0.174. The summed E-state index contributed by atoms with van der Waals surface area (Å²) in [4.78, 5) is 9.18. The van der Waals surface area contributed by atoms with Crippen molar-refractivity contribution in [2.75, 3.05) is 26.2 Å². The molecule has 0 aromatic heterocycles. The minimum atomic E-state index is -0.174. The van der Waals surface area contributed by atoms with Crippen LogP contribution in [0.5, 0.6) is 0 Å². The molecule has 5 nitrogen and oxygen atoms in total. The summed E-state index contributed by atoms with van der Waals surface area (Å²) in [6.07, 6.45) is 3.19. The summed E-state index contributed by atoms with van der Waals surface area (Å²) in [5.41, 5.74) is 8.74. The number of hydrogen-bond donors (Lipinski definition) is 2. The number of guanidine groups is 1. The van der Waals surface area contributed by atoms with Crippen LogP contribution in [0.2, 0.25) is 0 Å². The van der Waals surface area contributed by atoms with Crippen LogP contribution in [0.3, 0.4) is 0 Å². The van der Waals surface area contributed by atoms with E-state index in [1.165, 1.54) is 24.0 Å². The molecule has 1 aromatic carbocycles. The number of likely N-dealkylation sites (tertiary alicyclic amines) is 2. The molecule has 2 heterocycles. The number of aliphatic imine (C=N–C) groups is 1. The summed E-state index contributed by atoms with van der Waals surface area (Å²) in [6.45, 7) is 7.56. The largest absolute Gasteiger partial charge is 0.392 e. The zero-order chi connectivity index (χ0) is 16.9. The van der Waals surface area contributed by atoms with Gasteiger partial charge >= 0.3 is 0 Å². The fraction of sp³-hybridized carbons (Fsp3) is 0.632. The highest BCUT2D eigenvalue weighted by Crippen LogP contribution is 2.18. The molecule has 2 fully saturated rings. The summed E-state index contributed by atoms with van der Waals surface area (Å²) in [7, 11) is 0. The third kappa shape index (κ3) is 4.48. The van der Waals surface area contributed by atoms with Crippen LogP contribution in [0.4, 0.5) is 0 Å². The Balaban J connectivity index is 1.63. The number of nitrogens with two attached hydrogens (primary N) is 1. The van der Waals surface area contributed by atoms with Crippen molar-refractivity contribution in [1.29, 1.82) is 0 Å². The van der Waals surface area contributed by atoms with E-state index in [0.29, 0.717) is 18.4 Å². The number of rotatable bonds is 4. The molecule has 2 unspecified atom stereocenters. The van der Waals surface area contributed by atoms with Crippen molar-refractivity contribution in [2.24, 2.45) is 16.6 Å². The van der Waals surface area contributed by atoms with Gasteiger partial charge in [-0.05, 0) is 36.3 Å². The van der Waals surface area contributed by atoms with Gasteiger partial charge in [0.1, 0.15) is 0 Å². The first kappa shape index (κ1) is 17.2. The van der Waals surface area contributed by atoms with Crippen LogP contribution in [0.15, 0.2) is 29.3 Å². The Bertz CT molecular complexity index is 574. The standard InChI is InChI=1S/C19H30N4O/c1-15-5-4-9-23(12-15)19(20)21-11-16-6-2-3-7-17(16)13-22-10-8-18(24)14-22/h2-3,6-7,15,18,24H,4-5,8-14H2,1H3,(H2,20,21). The Morgan fingerprint density at radius 1 is 1.21 bits per heavy atom. The molecule has 0 saturated carbocycles. The van der Waals surface area contributed by atoms with Crippen molar-refractivity contribution in [2.45, 2.75) is 45.4 Å². The number of benzene rings is 1. The molecular formula is C19H30N4O. The molecule has 3 N–H and O–H groups in total. The zero-order valence-electron chi connectivity index (χ0n) is 14.7. The van der Waals surface area contributed by atoms with Crippen LogP contribution in [0.25, 0.3) is 0 Å². The molecule has 1 aromatic rings. The summed E-state index contributed by atoms with van der Waals surface area (Å²) in [5.74, 6) is 1.37. The molecule has 0 amide bonds. The SMILES string of the molecule is CC1CCCN(C(N)=NCc2ccccc2CN2CCC(O)C2)C1. The van der Waals surface area contributed by atoms with Crippen molar-refractivity contribution < 1.29 is 5.11 Å². The topological polar surface area (TPSA) is 65.1 Å². The number of nitrogens with zero attached hydrogens (tertiary/aromatic N) is 3. The summed E-state index contributed by atoms with van der Waals surface area (Å²) >= 11 is 0. The highest BCUT2D eigenvalue weighted by Gasteiger charge is 2.21. The van der Waals surface area contributed by atoms with Crippen molar-refractivity contribution in [3.63, 3.8) is 0 Å². The lowest BCUT2D eigenvalue weighted by atomic mass is 10.0. The average molecular weight is 330 g/mol. The van der Waals surface area contributed by atoms with E-state index >= 15 is 0 Å². The fourth-order valence-electron chi connectivity index (χ4n) is 3.73. The maximum Gasteiger partial charge on any atom is 0.191 e. The predicted octanol–water partition coefficient (Wildman–Crippen LogP) is 1.80. The third-order valence-electron chi connectivity index (χ3n) is 5.15. The van der Waals surface area contributed by atoms with E-state index < -0.39 is 0 Å². The van der Waals surface area contributed by atoms with Crippen molar-refractivity contribution in [3.8, 4) is 0 Å². The van der Waals surface area contributed by atoms with Gasteiger partial charge in [-0.25, -0.2) is 4.99 Å². The van der Waals surface area contributed by atoms with Crippen LogP contribution in [0.1, 0.15) is 37.3 Å². The first-order valence-electron chi connectivity index (χ1n) is 9.14. The molecule has 0 aliphatic carbocycles. The smallest absolute Gasteiger partial charge is 0.191 e. The van der Waals surface area contributed by atoms with Gasteiger partial charge < -0.3 is 15.7 Å². The van der Waals surface area contributed by atoms with Gasteiger partial charge in [-0.3, -0.25) is 4.90 Å². The van der Waals surface area contributed by atoms with Crippen LogP contribution in [-0.2, 0) is 13.1 Å². The van der Waals surface area contributed by atoms with E-state index in [9.17, 15) is 5.11 Å².